The Balaban J connectivity index is 3.51. The van der Waals surface area contributed by atoms with E-state index in [-0.39, 0.29) is 25.2 Å². The molecule has 1 amide bonds. The third kappa shape index (κ3) is 6.16. The Morgan fingerprint density at radius 1 is 0.632 bits per heavy atom. The van der Waals surface area contributed by atoms with Crippen LogP contribution in [0.2, 0.25) is 0 Å². The molecule has 0 spiro atoms. The SMILES string of the molecule is C[C@H]1CC[C@@H](NC(=O)[C@](F)(OC(F)(F)[C@](F)(OC(F)(F)C(F)(F)C(F)(F)F)C(F)(F)F)C(F)(F)F)C[C@@H]1C. The average molecular weight is 605 g/mol. The molecule has 1 saturated carbocycles. The number of hydrogen-bond donors (Lipinski definition) is 1. The van der Waals surface area contributed by atoms with E-state index in [2.05, 4.69) is 4.74 Å². The highest BCUT2D eigenvalue weighted by atomic mass is 19.4. The van der Waals surface area contributed by atoms with Crippen LogP contribution in [0.4, 0.5) is 74.6 Å². The van der Waals surface area contributed by atoms with Crippen LogP contribution in [0.5, 0.6) is 0 Å². The van der Waals surface area contributed by atoms with E-state index in [1.54, 1.807) is 6.92 Å². The second-order valence-electron chi connectivity index (χ2n) is 8.43. The molecular formula is C17H16F17NO3. The largest absolute Gasteiger partial charge is 0.462 e. The van der Waals surface area contributed by atoms with Crippen molar-refractivity contribution in [1.82, 2.24) is 5.32 Å². The number of ether oxygens (including phenoxy) is 2. The lowest BCUT2D eigenvalue weighted by molar-refractivity contribution is -0.548. The monoisotopic (exact) mass is 605 g/mol. The first-order chi connectivity index (χ1) is 16.5. The molecule has 1 fully saturated rings. The van der Waals surface area contributed by atoms with Crippen LogP contribution in [0.3, 0.4) is 0 Å². The molecule has 1 N–H and O–H groups in total. The number of rotatable bonds is 8. The molecule has 1 rings (SSSR count). The highest BCUT2D eigenvalue weighted by molar-refractivity contribution is 5.84. The lowest BCUT2D eigenvalue weighted by Crippen LogP contribution is -2.69. The van der Waals surface area contributed by atoms with Crippen molar-refractivity contribution in [2.75, 3.05) is 0 Å². The predicted molar refractivity (Wildman–Crippen MR) is 87.0 cm³/mol. The molecule has 0 saturated heterocycles. The third-order valence-electron chi connectivity index (χ3n) is 5.59. The number of alkyl halides is 17. The van der Waals surface area contributed by atoms with Crippen molar-refractivity contribution < 1.29 is 88.9 Å². The lowest BCUT2D eigenvalue weighted by Gasteiger charge is -2.40. The Bertz CT molecular complexity index is 854. The fourth-order valence-electron chi connectivity index (χ4n) is 3.12. The van der Waals surface area contributed by atoms with Crippen molar-refractivity contribution in [2.45, 2.75) is 87.5 Å². The molecule has 0 aliphatic heterocycles. The Morgan fingerprint density at radius 3 is 1.47 bits per heavy atom. The lowest BCUT2D eigenvalue weighted by atomic mass is 9.79. The normalized spacial score (nSPS) is 25.9. The Kier molecular flexibility index (Phi) is 9.00. The fraction of sp³-hybridized carbons (Fsp3) is 0.941. The van der Waals surface area contributed by atoms with E-state index in [1.807, 2.05) is 0 Å². The van der Waals surface area contributed by atoms with E-state index >= 15 is 0 Å². The standard InChI is InChI=1S/C17H16F17NO3/c1-6-3-4-8(5-7(6)2)35-9(36)10(18,13(22,23)24)37-17(33,34)12(21,15(28,29)30)38-16(31,32)11(19,20)14(25,26)27/h6-8H,3-5H2,1-2H3,(H,35,36)/t6-,7-,8+,10-,12+/m0/s1. The van der Waals surface area contributed by atoms with Crippen LogP contribution in [0, 0.1) is 11.8 Å². The Hall–Kier alpha value is -1.80. The van der Waals surface area contributed by atoms with Crippen molar-refractivity contribution in [1.29, 1.82) is 0 Å². The molecule has 21 heteroatoms. The zero-order chi connectivity index (χ0) is 30.6. The second-order valence-corrected chi connectivity index (χ2v) is 8.43. The molecular weight excluding hydrogens is 589 g/mol. The van der Waals surface area contributed by atoms with E-state index in [1.165, 1.54) is 17.0 Å². The average Bonchev–Trinajstić information content (AvgIpc) is 2.67. The van der Waals surface area contributed by atoms with Crippen molar-refractivity contribution in [2.24, 2.45) is 11.8 Å². The van der Waals surface area contributed by atoms with Crippen LogP contribution in [-0.2, 0) is 14.3 Å². The van der Waals surface area contributed by atoms with Crippen molar-refractivity contribution in [3.05, 3.63) is 0 Å². The molecule has 5 atom stereocenters. The fourth-order valence-corrected chi connectivity index (χ4v) is 3.12. The third-order valence-corrected chi connectivity index (χ3v) is 5.59. The van der Waals surface area contributed by atoms with E-state index in [4.69, 9.17) is 0 Å². The van der Waals surface area contributed by atoms with Crippen LogP contribution >= 0.6 is 0 Å². The van der Waals surface area contributed by atoms with Crippen LogP contribution in [0.1, 0.15) is 33.1 Å². The van der Waals surface area contributed by atoms with Gasteiger partial charge in [0.05, 0.1) is 0 Å². The number of halogens is 17. The van der Waals surface area contributed by atoms with Gasteiger partial charge in [-0.15, -0.1) is 0 Å². The first-order valence-electron chi connectivity index (χ1n) is 9.89. The number of carbonyl (C=O) groups is 1. The van der Waals surface area contributed by atoms with Gasteiger partial charge in [-0.25, -0.2) is 0 Å². The van der Waals surface area contributed by atoms with Crippen molar-refractivity contribution >= 4 is 5.91 Å². The summed E-state index contributed by atoms with van der Waals surface area (Å²) in [5, 5.41) is 1.17. The van der Waals surface area contributed by atoms with Gasteiger partial charge >= 0.3 is 48.4 Å². The molecule has 0 unspecified atom stereocenters. The summed E-state index contributed by atoms with van der Waals surface area (Å²) in [5.74, 6) is -26.4. The molecule has 0 bridgehead atoms. The van der Waals surface area contributed by atoms with E-state index in [0.717, 1.165) is 0 Å². The van der Waals surface area contributed by atoms with Gasteiger partial charge in [0, 0.05) is 6.04 Å². The maximum Gasteiger partial charge on any atom is 0.462 e. The summed E-state index contributed by atoms with van der Waals surface area (Å²) in [6.07, 6.45) is -38.7. The summed E-state index contributed by atoms with van der Waals surface area (Å²) in [6, 6.07) is -1.45. The molecule has 38 heavy (non-hydrogen) atoms. The van der Waals surface area contributed by atoms with Gasteiger partial charge in [-0.2, -0.15) is 74.6 Å². The summed E-state index contributed by atoms with van der Waals surface area (Å²) in [4.78, 5) is 11.9. The molecule has 0 radical (unpaired) electrons. The van der Waals surface area contributed by atoms with Gasteiger partial charge in [0.2, 0.25) is 0 Å². The van der Waals surface area contributed by atoms with Crippen LogP contribution in [0.25, 0.3) is 0 Å². The number of amides is 1. The van der Waals surface area contributed by atoms with Crippen molar-refractivity contribution in [3.8, 4) is 0 Å². The quantitative estimate of drug-likeness (QED) is 0.310. The molecule has 0 aromatic heterocycles. The summed E-state index contributed by atoms with van der Waals surface area (Å²) in [5.41, 5.74) is 0. The summed E-state index contributed by atoms with van der Waals surface area (Å²) in [7, 11) is 0. The van der Waals surface area contributed by atoms with Gasteiger partial charge < -0.3 is 5.32 Å². The van der Waals surface area contributed by atoms with E-state index in [0.29, 0.717) is 0 Å². The molecule has 0 aromatic rings. The smallest absolute Gasteiger partial charge is 0.348 e. The number of carbonyl (C=O) groups excluding carboxylic acids is 1. The minimum absolute atomic E-state index is 0.117. The molecule has 0 aromatic carbocycles. The van der Waals surface area contributed by atoms with Crippen LogP contribution < -0.4 is 5.32 Å². The van der Waals surface area contributed by atoms with Gasteiger partial charge in [-0.05, 0) is 31.1 Å². The minimum Gasteiger partial charge on any atom is -0.348 e. The molecule has 1 aliphatic carbocycles. The minimum atomic E-state index is -8.02. The maximum absolute atomic E-state index is 14.5. The van der Waals surface area contributed by atoms with Gasteiger partial charge in [0.25, 0.3) is 5.91 Å². The summed E-state index contributed by atoms with van der Waals surface area (Å²) >= 11 is 0. The molecule has 4 nitrogen and oxygen atoms in total. The zero-order valence-corrected chi connectivity index (χ0v) is 18.5. The number of hydrogen-bond acceptors (Lipinski definition) is 3. The second kappa shape index (κ2) is 9.99. The Morgan fingerprint density at radius 2 is 1.11 bits per heavy atom. The summed E-state index contributed by atoms with van der Waals surface area (Å²) < 4.78 is 227. The molecule has 1 aliphatic rings. The first kappa shape index (κ1) is 34.2. The zero-order valence-electron chi connectivity index (χ0n) is 18.5. The predicted octanol–water partition coefficient (Wildman–Crippen LogP) is 6.80. The Labute approximate surface area is 200 Å². The van der Waals surface area contributed by atoms with Crippen LogP contribution in [-0.4, -0.2) is 60.3 Å². The van der Waals surface area contributed by atoms with E-state index in [9.17, 15) is 79.4 Å². The van der Waals surface area contributed by atoms with Crippen molar-refractivity contribution in [3.63, 3.8) is 0 Å². The first-order valence-corrected chi connectivity index (χ1v) is 9.89. The number of nitrogens with one attached hydrogen (secondary N) is 1. The summed E-state index contributed by atoms with van der Waals surface area (Å²) in [6.45, 7) is 3.12. The highest BCUT2D eigenvalue weighted by Crippen LogP contribution is 2.56. The topological polar surface area (TPSA) is 47.6 Å². The molecule has 0 heterocycles. The van der Waals surface area contributed by atoms with Crippen LogP contribution in [0.15, 0.2) is 0 Å². The van der Waals surface area contributed by atoms with Gasteiger partial charge in [-0.3, -0.25) is 14.3 Å². The maximum atomic E-state index is 14.5. The van der Waals surface area contributed by atoms with Gasteiger partial charge in [0.1, 0.15) is 0 Å². The van der Waals surface area contributed by atoms with E-state index < -0.39 is 66.2 Å². The molecule has 226 valence electrons. The van der Waals surface area contributed by atoms with Gasteiger partial charge in [-0.1, -0.05) is 13.8 Å². The highest BCUT2D eigenvalue weighted by Gasteiger charge is 2.85. The van der Waals surface area contributed by atoms with Gasteiger partial charge in [0.15, 0.2) is 0 Å².